The van der Waals surface area contributed by atoms with Crippen molar-refractivity contribution in [3.8, 4) is 0 Å². The van der Waals surface area contributed by atoms with E-state index >= 15 is 0 Å². The van der Waals surface area contributed by atoms with Crippen LogP contribution < -0.4 is 11.1 Å². The minimum absolute atomic E-state index is 0.116. The lowest BCUT2D eigenvalue weighted by atomic mass is 9.86. The number of thioether (sulfide) groups is 1. The lowest BCUT2D eigenvalue weighted by Crippen LogP contribution is -2.37. The normalized spacial score (nSPS) is 26.5. The Kier molecular flexibility index (Phi) is 6.10. The van der Waals surface area contributed by atoms with Crippen LogP contribution in [0.25, 0.3) is 0 Å². The minimum Gasteiger partial charge on any atom is -0.369 e. The highest BCUT2D eigenvalue weighted by molar-refractivity contribution is 7.99. The van der Waals surface area contributed by atoms with Crippen LogP contribution in [0.1, 0.15) is 32.6 Å². The molecular weight excluding hydrogens is 208 g/mol. The van der Waals surface area contributed by atoms with Gasteiger partial charge < -0.3 is 11.1 Å². The molecule has 0 heterocycles. The summed E-state index contributed by atoms with van der Waals surface area (Å²) in [6, 6.07) is 0.609. The van der Waals surface area contributed by atoms with Gasteiger partial charge in [-0.25, -0.2) is 0 Å². The summed E-state index contributed by atoms with van der Waals surface area (Å²) in [5.41, 5.74) is 5.29. The van der Waals surface area contributed by atoms with E-state index in [0.717, 1.165) is 32.2 Å². The Morgan fingerprint density at radius 1 is 1.40 bits per heavy atom. The molecule has 88 valence electrons. The fraction of sp³-hybridized carbons (Fsp3) is 0.909. The molecule has 0 spiro atoms. The first-order valence-corrected chi connectivity index (χ1v) is 7.00. The van der Waals surface area contributed by atoms with E-state index in [2.05, 4.69) is 12.2 Å². The number of hydrogen-bond acceptors (Lipinski definition) is 3. The second kappa shape index (κ2) is 7.12. The largest absolute Gasteiger partial charge is 0.369 e. The van der Waals surface area contributed by atoms with Crippen LogP contribution in [0.5, 0.6) is 0 Å². The number of carbonyl (C=O) groups is 1. The summed E-state index contributed by atoms with van der Waals surface area (Å²) < 4.78 is 0. The smallest absolute Gasteiger partial charge is 0.220 e. The van der Waals surface area contributed by atoms with Crippen LogP contribution in [-0.2, 0) is 4.79 Å². The minimum atomic E-state index is -0.116. The molecule has 0 atom stereocenters. The topological polar surface area (TPSA) is 55.1 Å². The molecule has 0 unspecified atom stereocenters. The van der Waals surface area contributed by atoms with E-state index in [1.807, 2.05) is 11.8 Å². The van der Waals surface area contributed by atoms with E-state index in [-0.39, 0.29) is 11.8 Å². The maximum atomic E-state index is 11.0. The number of carbonyl (C=O) groups excluding carboxylic acids is 1. The molecular formula is C11H22N2OS. The molecule has 0 aromatic carbocycles. The zero-order valence-electron chi connectivity index (χ0n) is 9.50. The maximum Gasteiger partial charge on any atom is 0.220 e. The zero-order chi connectivity index (χ0) is 11.1. The molecule has 1 amide bonds. The molecule has 3 N–H and O–H groups in total. The van der Waals surface area contributed by atoms with Gasteiger partial charge in [-0.1, -0.05) is 6.92 Å². The number of amides is 1. The van der Waals surface area contributed by atoms with Gasteiger partial charge in [0.1, 0.15) is 0 Å². The lowest BCUT2D eigenvalue weighted by Gasteiger charge is -2.27. The fourth-order valence-corrected chi connectivity index (χ4v) is 2.61. The number of nitrogens with one attached hydrogen (secondary N) is 1. The monoisotopic (exact) mass is 230 g/mol. The summed E-state index contributed by atoms with van der Waals surface area (Å²) in [5, 5.41) is 3.54. The Morgan fingerprint density at radius 2 is 2.07 bits per heavy atom. The van der Waals surface area contributed by atoms with Crippen molar-refractivity contribution in [1.29, 1.82) is 0 Å². The van der Waals surface area contributed by atoms with Gasteiger partial charge in [0.2, 0.25) is 5.91 Å². The van der Waals surface area contributed by atoms with Crippen LogP contribution in [0.4, 0.5) is 0 Å². The Morgan fingerprint density at radius 3 is 2.60 bits per heavy atom. The average molecular weight is 230 g/mol. The van der Waals surface area contributed by atoms with Gasteiger partial charge in [-0.3, -0.25) is 4.79 Å². The molecule has 0 aromatic heterocycles. The molecule has 3 nitrogen and oxygen atoms in total. The first kappa shape index (κ1) is 12.8. The van der Waals surface area contributed by atoms with Crippen LogP contribution in [0, 0.1) is 5.92 Å². The SMILES string of the molecule is CCSCCNC1CCC(C(N)=O)CC1. The second-order valence-corrected chi connectivity index (χ2v) is 5.50. The van der Waals surface area contributed by atoms with E-state index in [9.17, 15) is 4.79 Å². The Hall–Kier alpha value is -0.220. The number of primary amides is 1. The molecule has 15 heavy (non-hydrogen) atoms. The summed E-state index contributed by atoms with van der Waals surface area (Å²) >= 11 is 1.97. The van der Waals surface area contributed by atoms with Gasteiger partial charge >= 0.3 is 0 Å². The van der Waals surface area contributed by atoms with E-state index < -0.39 is 0 Å². The number of hydrogen-bond donors (Lipinski definition) is 2. The fourth-order valence-electron chi connectivity index (χ4n) is 2.06. The maximum absolute atomic E-state index is 11.0. The van der Waals surface area contributed by atoms with E-state index in [4.69, 9.17) is 5.73 Å². The molecule has 0 aliphatic heterocycles. The van der Waals surface area contributed by atoms with Gasteiger partial charge in [-0.05, 0) is 31.4 Å². The van der Waals surface area contributed by atoms with E-state index in [1.165, 1.54) is 11.5 Å². The van der Waals surface area contributed by atoms with Crippen molar-refractivity contribution in [2.75, 3.05) is 18.1 Å². The van der Waals surface area contributed by atoms with Gasteiger partial charge in [-0.15, -0.1) is 0 Å². The van der Waals surface area contributed by atoms with Gasteiger partial charge in [0.15, 0.2) is 0 Å². The van der Waals surface area contributed by atoms with Crippen LogP contribution in [0.2, 0.25) is 0 Å². The standard InChI is InChI=1S/C11H22N2OS/c1-2-15-8-7-13-10-5-3-9(4-6-10)11(12)14/h9-10,13H,2-8H2,1H3,(H2,12,14). The molecule has 0 bridgehead atoms. The van der Waals surface area contributed by atoms with Crippen LogP contribution in [0.3, 0.4) is 0 Å². The third-order valence-corrected chi connectivity index (χ3v) is 3.91. The average Bonchev–Trinajstić information content (AvgIpc) is 2.25. The summed E-state index contributed by atoms with van der Waals surface area (Å²) in [7, 11) is 0. The summed E-state index contributed by atoms with van der Waals surface area (Å²) in [6.07, 6.45) is 4.14. The molecule has 4 heteroatoms. The first-order valence-electron chi connectivity index (χ1n) is 5.84. The highest BCUT2D eigenvalue weighted by atomic mass is 32.2. The molecule has 0 saturated heterocycles. The van der Waals surface area contributed by atoms with Gasteiger partial charge in [0, 0.05) is 24.3 Å². The molecule has 1 rings (SSSR count). The molecule has 0 aromatic rings. The summed E-state index contributed by atoms with van der Waals surface area (Å²) in [6.45, 7) is 3.27. The van der Waals surface area contributed by atoms with Crippen molar-refractivity contribution in [3.63, 3.8) is 0 Å². The molecule has 1 saturated carbocycles. The highest BCUT2D eigenvalue weighted by Gasteiger charge is 2.23. The summed E-state index contributed by atoms with van der Waals surface area (Å²) in [4.78, 5) is 11.0. The van der Waals surface area contributed by atoms with Crippen LogP contribution in [0.15, 0.2) is 0 Å². The van der Waals surface area contributed by atoms with Crippen molar-refractivity contribution in [2.45, 2.75) is 38.6 Å². The predicted octanol–water partition coefficient (Wildman–Crippen LogP) is 1.37. The quantitative estimate of drug-likeness (QED) is 0.678. The van der Waals surface area contributed by atoms with E-state index in [0.29, 0.717) is 6.04 Å². The van der Waals surface area contributed by atoms with Gasteiger partial charge in [0.25, 0.3) is 0 Å². The Balaban J connectivity index is 2.07. The van der Waals surface area contributed by atoms with Crippen LogP contribution >= 0.6 is 11.8 Å². The Bertz CT molecular complexity index is 191. The molecule has 1 fully saturated rings. The number of rotatable bonds is 6. The van der Waals surface area contributed by atoms with Crippen molar-refractivity contribution in [3.05, 3.63) is 0 Å². The third kappa shape index (κ3) is 4.89. The lowest BCUT2D eigenvalue weighted by molar-refractivity contribution is -0.122. The van der Waals surface area contributed by atoms with Crippen molar-refractivity contribution >= 4 is 17.7 Å². The van der Waals surface area contributed by atoms with Gasteiger partial charge in [-0.2, -0.15) is 11.8 Å². The second-order valence-electron chi connectivity index (χ2n) is 4.10. The van der Waals surface area contributed by atoms with Crippen molar-refractivity contribution in [1.82, 2.24) is 5.32 Å². The van der Waals surface area contributed by atoms with Crippen LogP contribution in [-0.4, -0.2) is 30.0 Å². The van der Waals surface area contributed by atoms with E-state index in [1.54, 1.807) is 0 Å². The molecule has 1 aliphatic rings. The highest BCUT2D eigenvalue weighted by Crippen LogP contribution is 2.23. The van der Waals surface area contributed by atoms with Crippen molar-refractivity contribution < 1.29 is 4.79 Å². The zero-order valence-corrected chi connectivity index (χ0v) is 10.3. The predicted molar refractivity (Wildman–Crippen MR) is 65.9 cm³/mol. The Labute approximate surface area is 96.6 Å². The third-order valence-electron chi connectivity index (χ3n) is 3.01. The first-order chi connectivity index (χ1) is 7.24. The van der Waals surface area contributed by atoms with Crippen molar-refractivity contribution in [2.24, 2.45) is 11.7 Å². The van der Waals surface area contributed by atoms with Gasteiger partial charge in [0.05, 0.1) is 0 Å². The molecule has 0 radical (unpaired) electrons. The number of nitrogens with two attached hydrogens (primary N) is 1. The summed E-state index contributed by atoms with van der Waals surface area (Å²) in [5.74, 6) is 2.39. The molecule has 1 aliphatic carbocycles.